The van der Waals surface area contributed by atoms with Crippen LogP contribution in [-0.4, -0.2) is 55.3 Å². The highest BCUT2D eigenvalue weighted by molar-refractivity contribution is 7.98. The van der Waals surface area contributed by atoms with Crippen LogP contribution in [0.3, 0.4) is 0 Å². The molecule has 1 saturated heterocycles. The van der Waals surface area contributed by atoms with E-state index in [-0.39, 0.29) is 5.91 Å². The molecule has 1 aliphatic heterocycles. The van der Waals surface area contributed by atoms with Crippen LogP contribution in [0.5, 0.6) is 5.75 Å². The fourth-order valence-corrected chi connectivity index (χ4v) is 5.05. The van der Waals surface area contributed by atoms with Gasteiger partial charge in [0.1, 0.15) is 11.3 Å². The van der Waals surface area contributed by atoms with Gasteiger partial charge in [-0.15, -0.1) is 11.8 Å². The number of benzene rings is 2. The number of fused-ring (bicyclic) bond motifs is 1. The second kappa shape index (κ2) is 8.19. The molecule has 1 fully saturated rings. The minimum absolute atomic E-state index is 0.0876. The third-order valence-corrected chi connectivity index (χ3v) is 7.12. The Kier molecular flexibility index (Phi) is 5.66. The van der Waals surface area contributed by atoms with E-state index in [1.807, 2.05) is 47.6 Å². The summed E-state index contributed by atoms with van der Waals surface area (Å²) in [7, 11) is 1.64. The lowest BCUT2D eigenvalue weighted by atomic mass is 10.2. The zero-order chi connectivity index (χ0) is 19.7. The Morgan fingerprint density at radius 2 is 2.00 bits per heavy atom. The first-order valence-corrected chi connectivity index (χ1v) is 11.3. The van der Waals surface area contributed by atoms with E-state index in [2.05, 4.69) is 4.90 Å². The van der Waals surface area contributed by atoms with Gasteiger partial charge < -0.3 is 14.5 Å². The minimum atomic E-state index is 0.0876. The van der Waals surface area contributed by atoms with Crippen molar-refractivity contribution in [1.29, 1.82) is 0 Å². The summed E-state index contributed by atoms with van der Waals surface area (Å²) in [5.41, 5.74) is 1.54. The fraction of sp³-hybridized carbons (Fsp3) is 0.300. The van der Waals surface area contributed by atoms with Gasteiger partial charge in [0.05, 0.1) is 16.8 Å². The van der Waals surface area contributed by atoms with E-state index >= 15 is 0 Å². The number of methoxy groups -OCH3 is 1. The molecule has 0 spiro atoms. The molecule has 0 saturated carbocycles. The number of aromatic nitrogens is 1. The predicted molar refractivity (Wildman–Crippen MR) is 118 cm³/mol. The lowest BCUT2D eigenvalue weighted by Gasteiger charge is -2.34. The Morgan fingerprint density at radius 1 is 1.21 bits per heavy atom. The highest BCUT2D eigenvalue weighted by Gasteiger charge is 2.25. The summed E-state index contributed by atoms with van der Waals surface area (Å²) in [5.74, 6) is 0.814. The number of carbonyl (C=O) groups excluding carboxylic acids is 1. The normalized spacial score (nSPS) is 14.5. The van der Waals surface area contributed by atoms with Gasteiger partial charge in [0.25, 0.3) is 5.91 Å². The van der Waals surface area contributed by atoms with Crippen LogP contribution in [0.15, 0.2) is 41.3 Å². The topological polar surface area (TPSA) is 45.7 Å². The molecule has 1 amide bonds. The number of hydrogen-bond donors (Lipinski definition) is 0. The molecule has 8 heteroatoms. The van der Waals surface area contributed by atoms with Crippen molar-refractivity contribution >= 4 is 56.0 Å². The second-order valence-electron chi connectivity index (χ2n) is 6.44. The summed E-state index contributed by atoms with van der Waals surface area (Å²) >= 11 is 9.55. The molecule has 146 valence electrons. The smallest absolute Gasteiger partial charge is 0.254 e. The SMILES string of the molecule is COc1ccc(Cl)c2sc(N3CCN(C(=O)c4cccc(SC)c4)CC3)nc12. The molecule has 0 unspecified atom stereocenters. The van der Waals surface area contributed by atoms with Crippen molar-refractivity contribution in [2.45, 2.75) is 4.90 Å². The number of rotatable bonds is 4. The van der Waals surface area contributed by atoms with Crippen LogP contribution in [0.4, 0.5) is 5.13 Å². The number of anilines is 1. The number of amides is 1. The van der Waals surface area contributed by atoms with Crippen LogP contribution in [0, 0.1) is 0 Å². The van der Waals surface area contributed by atoms with E-state index in [1.54, 1.807) is 30.2 Å². The van der Waals surface area contributed by atoms with Crippen molar-refractivity contribution in [2.24, 2.45) is 0 Å². The van der Waals surface area contributed by atoms with Crippen LogP contribution < -0.4 is 9.64 Å². The van der Waals surface area contributed by atoms with Gasteiger partial charge in [-0.2, -0.15) is 0 Å². The minimum Gasteiger partial charge on any atom is -0.494 e. The highest BCUT2D eigenvalue weighted by Crippen LogP contribution is 2.38. The molecule has 0 N–H and O–H groups in total. The lowest BCUT2D eigenvalue weighted by molar-refractivity contribution is 0.0746. The van der Waals surface area contributed by atoms with E-state index < -0.39 is 0 Å². The van der Waals surface area contributed by atoms with Crippen LogP contribution in [0.25, 0.3) is 10.2 Å². The predicted octanol–water partition coefficient (Wildman–Crippen LogP) is 4.64. The van der Waals surface area contributed by atoms with Gasteiger partial charge in [0.2, 0.25) is 0 Å². The zero-order valence-electron chi connectivity index (χ0n) is 15.6. The van der Waals surface area contributed by atoms with Gasteiger partial charge in [-0.3, -0.25) is 4.79 Å². The Balaban J connectivity index is 1.49. The molecule has 28 heavy (non-hydrogen) atoms. The monoisotopic (exact) mass is 433 g/mol. The summed E-state index contributed by atoms with van der Waals surface area (Å²) in [4.78, 5) is 22.8. The van der Waals surface area contributed by atoms with Crippen LogP contribution in [-0.2, 0) is 0 Å². The van der Waals surface area contributed by atoms with Crippen molar-refractivity contribution in [3.05, 3.63) is 47.0 Å². The Hall–Kier alpha value is -1.96. The number of hydrogen-bond acceptors (Lipinski definition) is 6. The quantitative estimate of drug-likeness (QED) is 0.561. The van der Waals surface area contributed by atoms with Gasteiger partial charge in [0, 0.05) is 36.6 Å². The molecule has 0 atom stereocenters. The third kappa shape index (κ3) is 3.66. The molecule has 2 aromatic carbocycles. The molecule has 3 aromatic rings. The first kappa shape index (κ1) is 19.4. The number of thioether (sulfide) groups is 1. The Labute approximate surface area is 177 Å². The molecule has 1 aromatic heterocycles. The maximum Gasteiger partial charge on any atom is 0.254 e. The second-order valence-corrected chi connectivity index (χ2v) is 8.70. The summed E-state index contributed by atoms with van der Waals surface area (Å²) in [6.07, 6.45) is 2.02. The summed E-state index contributed by atoms with van der Waals surface area (Å²) in [5, 5.41) is 1.60. The van der Waals surface area contributed by atoms with Crippen LogP contribution >= 0.6 is 34.7 Å². The van der Waals surface area contributed by atoms with E-state index in [4.69, 9.17) is 21.3 Å². The molecule has 5 nitrogen and oxygen atoms in total. The van der Waals surface area contributed by atoms with Gasteiger partial charge >= 0.3 is 0 Å². The molecular formula is C20H20ClN3O2S2. The fourth-order valence-electron chi connectivity index (χ4n) is 3.28. The average molecular weight is 434 g/mol. The zero-order valence-corrected chi connectivity index (χ0v) is 18.0. The third-order valence-electron chi connectivity index (χ3n) is 4.82. The van der Waals surface area contributed by atoms with Crippen molar-refractivity contribution in [2.75, 3.05) is 44.4 Å². The number of carbonyl (C=O) groups is 1. The Bertz CT molecular complexity index is 1020. The number of ether oxygens (including phenoxy) is 1. The van der Waals surface area contributed by atoms with E-state index in [0.717, 1.165) is 44.6 Å². The molecule has 4 rings (SSSR count). The molecule has 0 radical (unpaired) electrons. The molecule has 1 aliphatic rings. The van der Waals surface area contributed by atoms with Crippen LogP contribution in [0.1, 0.15) is 10.4 Å². The number of thiazole rings is 1. The van der Waals surface area contributed by atoms with Gasteiger partial charge in [-0.05, 0) is 36.6 Å². The van der Waals surface area contributed by atoms with E-state index in [1.165, 1.54) is 0 Å². The summed E-state index contributed by atoms with van der Waals surface area (Å²) in [6.45, 7) is 2.83. The lowest BCUT2D eigenvalue weighted by Crippen LogP contribution is -2.48. The molecule has 2 heterocycles. The van der Waals surface area contributed by atoms with Crippen molar-refractivity contribution in [3.63, 3.8) is 0 Å². The number of halogens is 1. The molecular weight excluding hydrogens is 414 g/mol. The molecule has 0 bridgehead atoms. The van der Waals surface area contributed by atoms with Crippen molar-refractivity contribution in [3.8, 4) is 5.75 Å². The first-order valence-electron chi connectivity index (χ1n) is 8.92. The molecule has 0 aliphatic carbocycles. The van der Waals surface area contributed by atoms with Gasteiger partial charge in [-0.25, -0.2) is 4.98 Å². The van der Waals surface area contributed by atoms with Crippen molar-refractivity contribution in [1.82, 2.24) is 9.88 Å². The summed E-state index contributed by atoms with van der Waals surface area (Å²) in [6, 6.07) is 11.5. The number of nitrogens with zero attached hydrogens (tertiary/aromatic N) is 3. The van der Waals surface area contributed by atoms with E-state index in [0.29, 0.717) is 18.1 Å². The summed E-state index contributed by atoms with van der Waals surface area (Å²) < 4.78 is 6.35. The highest BCUT2D eigenvalue weighted by atomic mass is 35.5. The van der Waals surface area contributed by atoms with Gasteiger partial charge in [-0.1, -0.05) is 29.0 Å². The van der Waals surface area contributed by atoms with Crippen LogP contribution in [0.2, 0.25) is 5.02 Å². The maximum atomic E-state index is 12.8. The van der Waals surface area contributed by atoms with Gasteiger partial charge in [0.15, 0.2) is 5.13 Å². The first-order chi connectivity index (χ1) is 13.6. The maximum absolute atomic E-state index is 12.8. The standard InChI is InChI=1S/C20H20ClN3O2S2/c1-26-16-7-6-15(21)18-17(16)22-20(28-18)24-10-8-23(9-11-24)19(25)13-4-3-5-14(12-13)27-2/h3-7,12H,8-11H2,1-2H3. The number of piperazine rings is 1. The van der Waals surface area contributed by atoms with E-state index in [9.17, 15) is 4.79 Å². The average Bonchev–Trinajstić information content (AvgIpc) is 3.20. The Morgan fingerprint density at radius 3 is 2.71 bits per heavy atom. The van der Waals surface area contributed by atoms with Crippen molar-refractivity contribution < 1.29 is 9.53 Å². The largest absolute Gasteiger partial charge is 0.494 e.